The maximum absolute atomic E-state index is 12.6. The first-order valence-corrected chi connectivity index (χ1v) is 9.50. The Kier molecular flexibility index (Phi) is 8.11. The number of halogens is 3. The Morgan fingerprint density at radius 3 is 2.73 bits per heavy atom. The van der Waals surface area contributed by atoms with E-state index in [0.717, 1.165) is 55.8 Å². The van der Waals surface area contributed by atoms with Crippen LogP contribution in [0.3, 0.4) is 0 Å². The summed E-state index contributed by atoms with van der Waals surface area (Å²) in [6.07, 6.45) is -1.91. The van der Waals surface area contributed by atoms with Gasteiger partial charge in [0.2, 0.25) is 0 Å². The van der Waals surface area contributed by atoms with Gasteiger partial charge in [-0.15, -0.1) is 11.3 Å². The molecule has 0 amide bonds. The van der Waals surface area contributed by atoms with Gasteiger partial charge < -0.3 is 20.3 Å². The number of nitrogens with one attached hydrogen (secondary N) is 2. The van der Waals surface area contributed by atoms with Crippen LogP contribution in [0.25, 0.3) is 0 Å². The van der Waals surface area contributed by atoms with E-state index < -0.39 is 11.9 Å². The first-order valence-electron chi connectivity index (χ1n) is 8.62. The minimum absolute atomic E-state index is 0.344. The number of aliphatic imine (C=N–C) groups is 1. The average Bonchev–Trinajstić information content (AvgIpc) is 3.09. The number of hydrogen-bond acceptors (Lipinski definition) is 5. The molecule has 1 fully saturated rings. The van der Waals surface area contributed by atoms with Crippen LogP contribution in [0.1, 0.15) is 23.5 Å². The number of nitrogens with zero attached hydrogens (tertiary/aromatic N) is 3. The molecule has 148 valence electrons. The molecule has 1 aliphatic heterocycles. The molecule has 1 saturated heterocycles. The first-order chi connectivity index (χ1) is 12.4. The third-order valence-corrected chi connectivity index (χ3v) is 5.15. The number of methoxy groups -OCH3 is 1. The van der Waals surface area contributed by atoms with Gasteiger partial charge in [0, 0.05) is 58.2 Å². The maximum atomic E-state index is 12.6. The van der Waals surface area contributed by atoms with Gasteiger partial charge >= 0.3 is 6.18 Å². The molecule has 26 heavy (non-hydrogen) atoms. The molecule has 0 aromatic carbocycles. The van der Waals surface area contributed by atoms with Gasteiger partial charge in [0.15, 0.2) is 11.7 Å². The second-order valence-corrected chi connectivity index (χ2v) is 7.07. The lowest BCUT2D eigenvalue weighted by Gasteiger charge is -2.32. The molecule has 1 aromatic heterocycles. The minimum Gasteiger partial charge on any atom is -0.383 e. The fourth-order valence-electron chi connectivity index (χ4n) is 2.75. The fraction of sp³-hybridized carbons (Fsp3) is 0.750. The number of guanidine groups is 1. The highest BCUT2D eigenvalue weighted by atomic mass is 32.1. The van der Waals surface area contributed by atoms with Gasteiger partial charge in [-0.05, 0) is 12.8 Å². The second-order valence-electron chi connectivity index (χ2n) is 6.13. The lowest BCUT2D eigenvalue weighted by atomic mass is 10.1. The number of piperidine rings is 1. The van der Waals surface area contributed by atoms with Crippen molar-refractivity contribution in [2.24, 2.45) is 4.99 Å². The molecule has 2 heterocycles. The summed E-state index contributed by atoms with van der Waals surface area (Å²) in [6.45, 7) is 4.20. The number of aromatic nitrogens is 1. The van der Waals surface area contributed by atoms with Crippen LogP contribution in [0.4, 0.5) is 13.2 Å². The lowest BCUT2D eigenvalue weighted by molar-refractivity contribution is -0.140. The van der Waals surface area contributed by atoms with E-state index in [4.69, 9.17) is 4.74 Å². The third kappa shape index (κ3) is 6.73. The van der Waals surface area contributed by atoms with Crippen LogP contribution in [0.15, 0.2) is 10.4 Å². The average molecular weight is 393 g/mol. The van der Waals surface area contributed by atoms with E-state index in [1.165, 1.54) is 0 Å². The van der Waals surface area contributed by atoms with Crippen LogP contribution in [-0.2, 0) is 17.3 Å². The highest BCUT2D eigenvalue weighted by molar-refractivity contribution is 7.09. The van der Waals surface area contributed by atoms with Crippen molar-refractivity contribution >= 4 is 17.3 Å². The summed E-state index contributed by atoms with van der Waals surface area (Å²) in [6, 6.07) is 0.344. The van der Waals surface area contributed by atoms with Crippen LogP contribution < -0.4 is 10.6 Å². The Balaban J connectivity index is 1.69. The van der Waals surface area contributed by atoms with Gasteiger partial charge in [-0.3, -0.25) is 4.99 Å². The molecule has 1 aromatic rings. The Bertz CT molecular complexity index is 570. The number of likely N-dealkylation sites (tertiary alicyclic amines) is 1. The van der Waals surface area contributed by atoms with Gasteiger partial charge in [-0.2, -0.15) is 13.2 Å². The number of thiazole rings is 1. The molecule has 1 aliphatic rings. The van der Waals surface area contributed by atoms with Crippen LogP contribution in [0, 0.1) is 0 Å². The predicted octanol–water partition coefficient (Wildman–Crippen LogP) is 1.98. The number of hydrogen-bond donors (Lipinski definition) is 2. The summed E-state index contributed by atoms with van der Waals surface area (Å²) in [7, 11) is 3.40. The van der Waals surface area contributed by atoms with E-state index >= 15 is 0 Å². The van der Waals surface area contributed by atoms with Gasteiger partial charge in [-0.25, -0.2) is 4.98 Å². The van der Waals surface area contributed by atoms with Crippen molar-refractivity contribution in [2.45, 2.75) is 31.5 Å². The molecule has 10 heteroatoms. The molecular formula is C16H26F3N5OS. The Morgan fingerprint density at radius 1 is 1.42 bits per heavy atom. The summed E-state index contributed by atoms with van der Waals surface area (Å²) >= 11 is 1.03. The third-order valence-electron chi connectivity index (χ3n) is 4.24. The molecule has 6 nitrogen and oxygen atoms in total. The van der Waals surface area contributed by atoms with Crippen molar-refractivity contribution in [2.75, 3.05) is 46.9 Å². The maximum Gasteiger partial charge on any atom is 0.434 e. The molecule has 0 aliphatic carbocycles. The lowest BCUT2D eigenvalue weighted by Crippen LogP contribution is -2.49. The quantitative estimate of drug-likeness (QED) is 0.548. The molecule has 0 saturated carbocycles. The zero-order valence-electron chi connectivity index (χ0n) is 15.1. The van der Waals surface area contributed by atoms with Gasteiger partial charge in [0.25, 0.3) is 0 Å². The van der Waals surface area contributed by atoms with Crippen molar-refractivity contribution in [3.05, 3.63) is 16.1 Å². The van der Waals surface area contributed by atoms with Crippen molar-refractivity contribution in [1.29, 1.82) is 0 Å². The van der Waals surface area contributed by atoms with Crippen LogP contribution >= 0.6 is 11.3 Å². The first kappa shape index (κ1) is 20.9. The second kappa shape index (κ2) is 10.1. The largest absolute Gasteiger partial charge is 0.434 e. The molecule has 0 atom stereocenters. The summed E-state index contributed by atoms with van der Waals surface area (Å²) in [5, 5.41) is 8.05. The Morgan fingerprint density at radius 2 is 2.15 bits per heavy atom. The van der Waals surface area contributed by atoms with Crippen molar-refractivity contribution in [3.63, 3.8) is 0 Å². The fourth-order valence-corrected chi connectivity index (χ4v) is 3.56. The Hall–Kier alpha value is -1.39. The van der Waals surface area contributed by atoms with Crippen molar-refractivity contribution in [1.82, 2.24) is 20.5 Å². The highest BCUT2D eigenvalue weighted by Crippen LogP contribution is 2.29. The zero-order chi connectivity index (χ0) is 19.0. The van der Waals surface area contributed by atoms with Crippen LogP contribution in [-0.4, -0.2) is 68.8 Å². The standard InChI is InChI=1S/C16H26F3N5OS/c1-20-15(22-12-4-7-24(8-5-12)9-10-25-2)21-6-3-14-23-13(11-26-14)16(17,18)19/h11-12H,3-10H2,1-2H3,(H2,20,21,22). The molecule has 0 unspecified atom stereocenters. The summed E-state index contributed by atoms with van der Waals surface area (Å²) < 4.78 is 42.8. The monoisotopic (exact) mass is 393 g/mol. The molecule has 2 rings (SSSR count). The minimum atomic E-state index is -4.38. The number of alkyl halides is 3. The van der Waals surface area contributed by atoms with E-state index in [1.54, 1.807) is 14.2 Å². The van der Waals surface area contributed by atoms with Gasteiger partial charge in [0.1, 0.15) is 0 Å². The van der Waals surface area contributed by atoms with E-state index in [2.05, 4.69) is 25.5 Å². The molecule has 2 N–H and O–H groups in total. The predicted molar refractivity (Wildman–Crippen MR) is 96.7 cm³/mol. The molecular weight excluding hydrogens is 367 g/mol. The smallest absolute Gasteiger partial charge is 0.383 e. The summed E-state index contributed by atoms with van der Waals surface area (Å²) in [4.78, 5) is 10.2. The number of rotatable bonds is 7. The van der Waals surface area contributed by atoms with Crippen molar-refractivity contribution < 1.29 is 17.9 Å². The van der Waals surface area contributed by atoms with Crippen LogP contribution in [0.2, 0.25) is 0 Å². The summed E-state index contributed by atoms with van der Waals surface area (Å²) in [5.41, 5.74) is -0.819. The highest BCUT2D eigenvalue weighted by Gasteiger charge is 2.33. The molecule has 0 spiro atoms. The molecule has 0 bridgehead atoms. The summed E-state index contributed by atoms with van der Waals surface area (Å²) in [5.74, 6) is 0.674. The van der Waals surface area contributed by atoms with Gasteiger partial charge in [0.05, 0.1) is 11.6 Å². The topological polar surface area (TPSA) is 61.8 Å². The SMILES string of the molecule is CN=C(NCCc1nc(C(F)(F)F)cs1)NC1CCN(CCOC)CC1. The normalized spacial score (nSPS) is 17.5. The molecule has 0 radical (unpaired) electrons. The number of ether oxygens (including phenoxy) is 1. The van der Waals surface area contributed by atoms with Crippen LogP contribution in [0.5, 0.6) is 0 Å². The Labute approximate surface area is 155 Å². The van der Waals surface area contributed by atoms with E-state index in [-0.39, 0.29) is 0 Å². The van der Waals surface area contributed by atoms with E-state index in [9.17, 15) is 13.2 Å². The van der Waals surface area contributed by atoms with Gasteiger partial charge in [-0.1, -0.05) is 0 Å². The zero-order valence-corrected chi connectivity index (χ0v) is 15.9. The van der Waals surface area contributed by atoms with Crippen molar-refractivity contribution in [3.8, 4) is 0 Å². The van der Waals surface area contributed by atoms with E-state index in [1.807, 2.05) is 0 Å². The van der Waals surface area contributed by atoms with E-state index in [0.29, 0.717) is 30.0 Å².